The van der Waals surface area contributed by atoms with Crippen molar-refractivity contribution < 1.29 is 14.7 Å². The highest BCUT2D eigenvalue weighted by atomic mass is 16.4. The highest BCUT2D eigenvalue weighted by molar-refractivity contribution is 5.93. The molecule has 0 bridgehead atoms. The van der Waals surface area contributed by atoms with Crippen LogP contribution in [0.2, 0.25) is 0 Å². The third-order valence-electron chi connectivity index (χ3n) is 1.96. The predicted molar refractivity (Wildman–Crippen MR) is 67.1 cm³/mol. The van der Waals surface area contributed by atoms with Crippen LogP contribution in [0.3, 0.4) is 0 Å². The van der Waals surface area contributed by atoms with Crippen molar-refractivity contribution in [3.05, 3.63) is 60.2 Å². The van der Waals surface area contributed by atoms with Crippen LogP contribution >= 0.6 is 0 Å². The number of nitrogens with two attached hydrogens (primary N) is 1. The first kappa shape index (κ1) is 14.3. The van der Waals surface area contributed by atoms with E-state index in [2.05, 4.69) is 9.97 Å². The van der Waals surface area contributed by atoms with Crippen molar-refractivity contribution in [3.63, 3.8) is 0 Å². The number of carbonyl (C=O) groups is 2. The van der Waals surface area contributed by atoms with Gasteiger partial charge in [-0.25, -0.2) is 10.6 Å². The number of carboxylic acid groups (broad SMARTS) is 1. The molecule has 1 amide bonds. The van der Waals surface area contributed by atoms with Crippen LogP contribution < -0.4 is 11.3 Å². The highest BCUT2D eigenvalue weighted by Gasteiger charge is 1.99. The smallest absolute Gasteiger partial charge is 0.337 e. The van der Waals surface area contributed by atoms with E-state index in [0.717, 1.165) is 0 Å². The second-order valence-corrected chi connectivity index (χ2v) is 3.26. The molecule has 4 N–H and O–H groups in total. The summed E-state index contributed by atoms with van der Waals surface area (Å²) in [7, 11) is 0. The van der Waals surface area contributed by atoms with E-state index in [4.69, 9.17) is 10.9 Å². The normalized spacial score (nSPS) is 8.89. The fourth-order valence-corrected chi connectivity index (χ4v) is 1.07. The van der Waals surface area contributed by atoms with E-state index >= 15 is 0 Å². The number of rotatable bonds is 2. The summed E-state index contributed by atoms with van der Waals surface area (Å²) in [6.45, 7) is 0. The van der Waals surface area contributed by atoms with Crippen LogP contribution in [0.5, 0.6) is 0 Å². The van der Waals surface area contributed by atoms with Crippen LogP contribution in [0.25, 0.3) is 0 Å². The second kappa shape index (κ2) is 7.51. The van der Waals surface area contributed by atoms with Gasteiger partial charge in [0.15, 0.2) is 0 Å². The molecule has 2 aromatic heterocycles. The molecule has 2 aromatic rings. The Morgan fingerprint density at radius 3 is 1.89 bits per heavy atom. The number of pyridine rings is 2. The SMILES string of the molecule is NNC(=O)c1cccnc1.O=C(O)c1cccnc1. The van der Waals surface area contributed by atoms with E-state index < -0.39 is 5.97 Å². The van der Waals surface area contributed by atoms with Gasteiger partial charge in [-0.1, -0.05) is 0 Å². The van der Waals surface area contributed by atoms with Crippen LogP contribution in [0.15, 0.2) is 49.1 Å². The molecule has 0 aliphatic heterocycles. The molecular formula is C12H12N4O3. The number of hydrazine groups is 1. The molecule has 0 aromatic carbocycles. The number of nitrogen functional groups attached to an aromatic ring is 1. The zero-order valence-electron chi connectivity index (χ0n) is 9.85. The summed E-state index contributed by atoms with van der Waals surface area (Å²) in [4.78, 5) is 28.3. The van der Waals surface area contributed by atoms with Gasteiger partial charge in [-0.05, 0) is 24.3 Å². The third kappa shape index (κ3) is 4.92. The lowest BCUT2D eigenvalue weighted by Crippen LogP contribution is -2.29. The molecule has 0 aliphatic carbocycles. The van der Waals surface area contributed by atoms with Gasteiger partial charge >= 0.3 is 5.97 Å². The molecule has 98 valence electrons. The molecule has 0 spiro atoms. The van der Waals surface area contributed by atoms with Gasteiger partial charge in [-0.3, -0.25) is 20.2 Å². The van der Waals surface area contributed by atoms with Crippen LogP contribution in [-0.2, 0) is 0 Å². The number of carboxylic acids is 1. The maximum Gasteiger partial charge on any atom is 0.337 e. The summed E-state index contributed by atoms with van der Waals surface area (Å²) < 4.78 is 0. The molecule has 0 aliphatic rings. The van der Waals surface area contributed by atoms with E-state index in [1.54, 1.807) is 24.4 Å². The van der Waals surface area contributed by atoms with E-state index in [1.807, 2.05) is 5.43 Å². The van der Waals surface area contributed by atoms with Gasteiger partial charge < -0.3 is 5.11 Å². The monoisotopic (exact) mass is 260 g/mol. The molecule has 7 heteroatoms. The highest BCUT2D eigenvalue weighted by Crippen LogP contribution is 1.93. The lowest BCUT2D eigenvalue weighted by Gasteiger charge is -1.95. The van der Waals surface area contributed by atoms with E-state index in [-0.39, 0.29) is 11.5 Å². The number of aromatic nitrogens is 2. The maximum absolute atomic E-state index is 10.7. The fourth-order valence-electron chi connectivity index (χ4n) is 1.07. The van der Waals surface area contributed by atoms with E-state index in [9.17, 15) is 9.59 Å². The Morgan fingerprint density at radius 1 is 1.05 bits per heavy atom. The summed E-state index contributed by atoms with van der Waals surface area (Å²) in [6, 6.07) is 6.39. The minimum atomic E-state index is -0.942. The molecule has 0 saturated carbocycles. The van der Waals surface area contributed by atoms with Crippen LogP contribution in [-0.4, -0.2) is 27.0 Å². The van der Waals surface area contributed by atoms with Crippen molar-refractivity contribution in [2.45, 2.75) is 0 Å². The minimum Gasteiger partial charge on any atom is -0.478 e. The molecule has 0 radical (unpaired) electrons. The zero-order chi connectivity index (χ0) is 14.1. The average molecular weight is 260 g/mol. The zero-order valence-corrected chi connectivity index (χ0v) is 9.85. The topological polar surface area (TPSA) is 118 Å². The first-order valence-electron chi connectivity index (χ1n) is 5.19. The first-order valence-corrected chi connectivity index (χ1v) is 5.19. The van der Waals surface area contributed by atoms with Gasteiger partial charge in [0.25, 0.3) is 5.91 Å². The molecule has 2 heterocycles. The molecule has 0 unspecified atom stereocenters. The molecule has 7 nitrogen and oxygen atoms in total. The number of nitrogens with zero attached hydrogens (tertiary/aromatic N) is 2. The maximum atomic E-state index is 10.7. The molecule has 0 saturated heterocycles. The van der Waals surface area contributed by atoms with Crippen molar-refractivity contribution >= 4 is 11.9 Å². The number of carbonyl (C=O) groups excluding carboxylic acids is 1. The van der Waals surface area contributed by atoms with Crippen molar-refractivity contribution in [2.24, 2.45) is 5.84 Å². The Bertz CT molecular complexity index is 531. The van der Waals surface area contributed by atoms with Gasteiger partial charge in [-0.15, -0.1) is 0 Å². The number of amides is 1. The van der Waals surface area contributed by atoms with Crippen molar-refractivity contribution in [2.75, 3.05) is 0 Å². The van der Waals surface area contributed by atoms with Crippen molar-refractivity contribution in [3.8, 4) is 0 Å². The molecule has 19 heavy (non-hydrogen) atoms. The minimum absolute atomic E-state index is 0.220. The Kier molecular flexibility index (Phi) is 5.64. The second-order valence-electron chi connectivity index (χ2n) is 3.26. The summed E-state index contributed by atoms with van der Waals surface area (Å²) in [5, 5.41) is 8.34. The predicted octanol–water partition coefficient (Wildman–Crippen LogP) is 0.465. The summed E-state index contributed by atoms with van der Waals surface area (Å²) in [6.07, 6.45) is 5.88. The standard InChI is InChI=1S/C6H7N3O.C6H5NO2/c7-9-6(10)5-2-1-3-8-4-5;8-6(9)5-2-1-3-7-4-5/h1-4H,7H2,(H,9,10);1-4H,(H,8,9). The summed E-state index contributed by atoms with van der Waals surface area (Å²) >= 11 is 0. The first-order chi connectivity index (χ1) is 9.15. The van der Waals surface area contributed by atoms with E-state index in [1.165, 1.54) is 24.7 Å². The number of hydrogen-bond donors (Lipinski definition) is 3. The van der Waals surface area contributed by atoms with Crippen molar-refractivity contribution in [1.29, 1.82) is 0 Å². The van der Waals surface area contributed by atoms with Gasteiger partial charge in [0.05, 0.1) is 11.1 Å². The van der Waals surface area contributed by atoms with Crippen LogP contribution in [0, 0.1) is 0 Å². The Labute approximate surface area is 109 Å². The largest absolute Gasteiger partial charge is 0.478 e. The molecular weight excluding hydrogens is 248 g/mol. The lowest BCUT2D eigenvalue weighted by molar-refractivity contribution is 0.0696. The lowest BCUT2D eigenvalue weighted by atomic mass is 10.3. The van der Waals surface area contributed by atoms with Gasteiger partial charge in [0.2, 0.25) is 0 Å². The summed E-state index contributed by atoms with van der Waals surface area (Å²) in [5.41, 5.74) is 2.69. The average Bonchev–Trinajstić information content (AvgIpc) is 2.49. The Hall–Kier alpha value is -2.80. The van der Waals surface area contributed by atoms with Crippen LogP contribution in [0.1, 0.15) is 20.7 Å². The summed E-state index contributed by atoms with van der Waals surface area (Å²) in [5.74, 6) is 3.61. The molecule has 2 rings (SSSR count). The van der Waals surface area contributed by atoms with Gasteiger partial charge in [-0.2, -0.15) is 0 Å². The number of hydrogen-bond acceptors (Lipinski definition) is 5. The molecule has 0 atom stereocenters. The Morgan fingerprint density at radius 2 is 1.58 bits per heavy atom. The van der Waals surface area contributed by atoms with E-state index in [0.29, 0.717) is 5.56 Å². The Balaban J connectivity index is 0.000000191. The third-order valence-corrected chi connectivity index (χ3v) is 1.96. The van der Waals surface area contributed by atoms with Gasteiger partial charge in [0, 0.05) is 24.8 Å². The fraction of sp³-hybridized carbons (Fsp3) is 0. The molecule has 0 fully saturated rings. The van der Waals surface area contributed by atoms with Crippen LogP contribution in [0.4, 0.5) is 0 Å². The van der Waals surface area contributed by atoms with Gasteiger partial charge in [0.1, 0.15) is 0 Å². The number of aromatic carboxylic acids is 1. The van der Waals surface area contributed by atoms with Crippen molar-refractivity contribution in [1.82, 2.24) is 15.4 Å². The quantitative estimate of drug-likeness (QED) is 0.410. The number of nitrogens with one attached hydrogen (secondary N) is 1.